The third kappa shape index (κ3) is 4.32. The largest absolute Gasteiger partial charge is 0.473 e. The van der Waals surface area contributed by atoms with Crippen molar-refractivity contribution in [3.63, 3.8) is 0 Å². The summed E-state index contributed by atoms with van der Waals surface area (Å²) >= 11 is 0. The van der Waals surface area contributed by atoms with E-state index in [9.17, 15) is 4.79 Å². The number of rotatable bonds is 7. The number of carbonyl (C=O) groups is 1. The second kappa shape index (κ2) is 8.08. The van der Waals surface area contributed by atoms with Crippen molar-refractivity contribution in [1.82, 2.24) is 29.8 Å². The Kier molecular flexibility index (Phi) is 5.34. The molecule has 154 valence electrons. The van der Waals surface area contributed by atoms with Gasteiger partial charge in [-0.25, -0.2) is 0 Å². The number of amides is 1. The second-order valence-electron chi connectivity index (χ2n) is 7.32. The van der Waals surface area contributed by atoms with Crippen molar-refractivity contribution >= 4 is 11.7 Å². The van der Waals surface area contributed by atoms with Gasteiger partial charge in [0.15, 0.2) is 5.82 Å². The van der Waals surface area contributed by atoms with Gasteiger partial charge in [0, 0.05) is 51.1 Å². The minimum atomic E-state index is -0.261. The summed E-state index contributed by atoms with van der Waals surface area (Å²) in [6.07, 6.45) is 4.83. The van der Waals surface area contributed by atoms with Gasteiger partial charge >= 0.3 is 0 Å². The highest BCUT2D eigenvalue weighted by molar-refractivity contribution is 6.02. The zero-order valence-corrected chi connectivity index (χ0v) is 16.8. The van der Waals surface area contributed by atoms with Crippen molar-refractivity contribution in [2.24, 2.45) is 14.1 Å². The first-order valence-corrected chi connectivity index (χ1v) is 9.56. The van der Waals surface area contributed by atoms with Crippen LogP contribution < -0.4 is 10.1 Å². The Morgan fingerprint density at radius 1 is 1.31 bits per heavy atom. The number of anilines is 1. The summed E-state index contributed by atoms with van der Waals surface area (Å²) in [5.74, 6) is 1.20. The van der Waals surface area contributed by atoms with E-state index in [1.807, 2.05) is 25.4 Å². The van der Waals surface area contributed by atoms with E-state index in [1.54, 1.807) is 24.9 Å². The first kappa shape index (κ1) is 19.2. The molecule has 1 saturated carbocycles. The second-order valence-corrected chi connectivity index (χ2v) is 7.32. The summed E-state index contributed by atoms with van der Waals surface area (Å²) in [5, 5.41) is 18.6. The fourth-order valence-corrected chi connectivity index (χ4v) is 3.70. The fourth-order valence-electron chi connectivity index (χ4n) is 3.70. The van der Waals surface area contributed by atoms with Gasteiger partial charge in [-0.15, -0.1) is 5.10 Å². The Bertz CT molecular complexity index is 990. The number of hydrogen-bond donors (Lipinski definition) is 2. The van der Waals surface area contributed by atoms with Crippen LogP contribution in [0.5, 0.6) is 5.88 Å². The van der Waals surface area contributed by atoms with Crippen molar-refractivity contribution in [3.05, 3.63) is 41.5 Å². The lowest BCUT2D eigenvalue weighted by Gasteiger charge is -2.11. The number of nitrogens with zero attached hydrogens (tertiary/aromatic N) is 5. The monoisotopic (exact) mass is 399 g/mol. The van der Waals surface area contributed by atoms with E-state index >= 15 is 0 Å². The fraction of sp³-hybridized carbons (Fsp3) is 0.474. The van der Waals surface area contributed by atoms with Gasteiger partial charge in [0.2, 0.25) is 5.88 Å². The highest BCUT2D eigenvalue weighted by atomic mass is 16.5. The predicted molar refractivity (Wildman–Crippen MR) is 105 cm³/mol. The van der Waals surface area contributed by atoms with Crippen molar-refractivity contribution in [1.29, 1.82) is 0 Å². The molecular formula is C19H25N7O3. The summed E-state index contributed by atoms with van der Waals surface area (Å²) in [7, 11) is 5.19. The van der Waals surface area contributed by atoms with Crippen LogP contribution in [0.3, 0.4) is 0 Å². The van der Waals surface area contributed by atoms with Crippen LogP contribution in [0.4, 0.5) is 5.82 Å². The zero-order valence-electron chi connectivity index (χ0n) is 16.8. The molecule has 3 heterocycles. The maximum atomic E-state index is 12.5. The lowest BCUT2D eigenvalue weighted by Crippen LogP contribution is -2.16. The molecule has 2 atom stereocenters. The Morgan fingerprint density at radius 3 is 2.93 bits per heavy atom. The van der Waals surface area contributed by atoms with Gasteiger partial charge in [-0.2, -0.15) is 10.2 Å². The quantitative estimate of drug-likeness (QED) is 0.628. The average molecular weight is 399 g/mol. The predicted octanol–water partition coefficient (Wildman–Crippen LogP) is 1.99. The molecule has 0 aliphatic heterocycles. The first-order chi connectivity index (χ1) is 14.0. The molecule has 10 nitrogen and oxygen atoms in total. The Labute approximate surface area is 168 Å². The van der Waals surface area contributed by atoms with E-state index < -0.39 is 0 Å². The van der Waals surface area contributed by atoms with Crippen LogP contribution in [0.15, 0.2) is 24.4 Å². The minimum Gasteiger partial charge on any atom is -0.473 e. The van der Waals surface area contributed by atoms with E-state index in [1.165, 1.54) is 4.68 Å². The molecule has 0 unspecified atom stereocenters. The van der Waals surface area contributed by atoms with Gasteiger partial charge in [-0.1, -0.05) is 0 Å². The molecule has 10 heteroatoms. The Hall–Kier alpha value is -3.14. The number of aromatic amines is 1. The van der Waals surface area contributed by atoms with Crippen molar-refractivity contribution in [3.8, 4) is 5.88 Å². The first-order valence-electron chi connectivity index (χ1n) is 9.56. The molecule has 1 amide bonds. The number of nitrogens with one attached hydrogen (secondary N) is 2. The molecule has 0 radical (unpaired) electrons. The minimum absolute atomic E-state index is 0.130. The topological polar surface area (TPSA) is 112 Å². The van der Waals surface area contributed by atoms with Crippen molar-refractivity contribution < 1.29 is 14.3 Å². The third-order valence-electron chi connectivity index (χ3n) is 5.10. The SMILES string of the molecule is COCc1cc(C(=O)Nc2cc([C@H]3CC[C@@H](Oc4ccn(C)n4)C3)[nH]n2)n(C)n1. The summed E-state index contributed by atoms with van der Waals surface area (Å²) in [6.45, 7) is 0.358. The molecule has 0 spiro atoms. The van der Waals surface area contributed by atoms with Crippen LogP contribution in [0.1, 0.15) is 47.1 Å². The van der Waals surface area contributed by atoms with Crippen LogP contribution in [0, 0.1) is 0 Å². The molecule has 1 aliphatic rings. The summed E-state index contributed by atoms with van der Waals surface area (Å²) in [4.78, 5) is 12.5. The van der Waals surface area contributed by atoms with E-state index in [-0.39, 0.29) is 12.0 Å². The van der Waals surface area contributed by atoms with Crippen LogP contribution >= 0.6 is 0 Å². The van der Waals surface area contributed by atoms with E-state index in [0.29, 0.717) is 35.6 Å². The molecule has 3 aromatic heterocycles. The van der Waals surface area contributed by atoms with Crippen molar-refractivity contribution in [2.75, 3.05) is 12.4 Å². The number of aromatic nitrogens is 6. The molecule has 0 aromatic carbocycles. The summed E-state index contributed by atoms with van der Waals surface area (Å²) in [5.41, 5.74) is 2.15. The van der Waals surface area contributed by atoms with Crippen LogP contribution in [-0.4, -0.2) is 48.9 Å². The Balaban J connectivity index is 1.35. The lowest BCUT2D eigenvalue weighted by atomic mass is 10.0. The maximum Gasteiger partial charge on any atom is 0.275 e. The highest BCUT2D eigenvalue weighted by Crippen LogP contribution is 2.36. The molecular weight excluding hydrogens is 374 g/mol. The number of aryl methyl sites for hydroxylation is 2. The van der Waals surface area contributed by atoms with Gasteiger partial charge in [0.05, 0.1) is 12.3 Å². The zero-order chi connectivity index (χ0) is 20.4. The molecule has 4 rings (SSSR count). The van der Waals surface area contributed by atoms with Gasteiger partial charge in [-0.05, 0) is 25.3 Å². The van der Waals surface area contributed by atoms with E-state index in [2.05, 4.69) is 25.7 Å². The molecule has 2 N–H and O–H groups in total. The highest BCUT2D eigenvalue weighted by Gasteiger charge is 2.29. The van der Waals surface area contributed by atoms with Crippen LogP contribution in [0.25, 0.3) is 0 Å². The average Bonchev–Trinajstić information content (AvgIpc) is 3.45. The molecule has 3 aromatic rings. The number of H-pyrrole nitrogens is 1. The number of ether oxygens (including phenoxy) is 2. The number of hydrogen-bond acceptors (Lipinski definition) is 6. The lowest BCUT2D eigenvalue weighted by molar-refractivity contribution is 0.101. The standard InChI is InChI=1S/C19H25N7O3/c1-25-7-6-18(24-25)29-14-5-4-12(8-14)15-10-17(22-21-15)20-19(27)16-9-13(11-28-3)23-26(16)2/h6-7,9-10,12,14H,4-5,8,11H2,1-3H3,(H2,20,21,22,27)/t12-,14+/m0/s1. The van der Waals surface area contributed by atoms with Crippen molar-refractivity contribution in [2.45, 2.75) is 37.9 Å². The van der Waals surface area contributed by atoms with E-state index in [0.717, 1.165) is 25.0 Å². The van der Waals surface area contributed by atoms with Gasteiger partial charge in [-0.3, -0.25) is 19.3 Å². The number of methoxy groups -OCH3 is 1. The summed E-state index contributed by atoms with van der Waals surface area (Å²) in [6, 6.07) is 5.47. The number of carbonyl (C=O) groups excluding carboxylic acids is 1. The van der Waals surface area contributed by atoms with Gasteiger partial charge in [0.1, 0.15) is 11.8 Å². The van der Waals surface area contributed by atoms with Crippen LogP contribution in [0.2, 0.25) is 0 Å². The molecule has 29 heavy (non-hydrogen) atoms. The van der Waals surface area contributed by atoms with E-state index in [4.69, 9.17) is 9.47 Å². The normalized spacial score (nSPS) is 18.9. The third-order valence-corrected chi connectivity index (χ3v) is 5.10. The molecule has 0 saturated heterocycles. The van der Waals surface area contributed by atoms with Gasteiger partial charge in [0.25, 0.3) is 5.91 Å². The Morgan fingerprint density at radius 2 is 2.17 bits per heavy atom. The van der Waals surface area contributed by atoms with Crippen LogP contribution in [-0.2, 0) is 25.4 Å². The molecule has 1 fully saturated rings. The molecule has 0 bridgehead atoms. The maximum absolute atomic E-state index is 12.5. The summed E-state index contributed by atoms with van der Waals surface area (Å²) < 4.78 is 14.3. The smallest absolute Gasteiger partial charge is 0.275 e. The molecule has 1 aliphatic carbocycles. The van der Waals surface area contributed by atoms with Gasteiger partial charge < -0.3 is 14.8 Å².